The van der Waals surface area contributed by atoms with Gasteiger partial charge in [0.05, 0.1) is 11.1 Å². The molecule has 0 spiro atoms. The van der Waals surface area contributed by atoms with E-state index in [0.717, 1.165) is 11.4 Å². The van der Waals surface area contributed by atoms with Gasteiger partial charge in [-0.25, -0.2) is 4.39 Å². The van der Waals surface area contributed by atoms with E-state index in [0.29, 0.717) is 28.9 Å². The van der Waals surface area contributed by atoms with Gasteiger partial charge in [-0.15, -0.1) is 0 Å². The Morgan fingerprint density at radius 3 is 2.70 bits per heavy atom. The second-order valence-electron chi connectivity index (χ2n) is 5.22. The third-order valence-electron chi connectivity index (χ3n) is 3.65. The van der Waals surface area contributed by atoms with Crippen LogP contribution < -0.4 is 4.74 Å². The second kappa shape index (κ2) is 7.75. The Labute approximate surface area is 143 Å². The Morgan fingerprint density at radius 2 is 2.04 bits per heavy atom. The summed E-state index contributed by atoms with van der Waals surface area (Å²) in [4.78, 5) is 12.4. The molecule has 6 heteroatoms. The first-order valence-corrected chi connectivity index (χ1v) is 8.00. The van der Waals surface area contributed by atoms with Gasteiger partial charge in [0.25, 0.3) is 0 Å². The van der Waals surface area contributed by atoms with Crippen LogP contribution in [-0.2, 0) is 11.3 Å². The predicted molar refractivity (Wildman–Crippen MR) is 89.7 cm³/mol. The van der Waals surface area contributed by atoms with Crippen molar-refractivity contribution in [1.29, 1.82) is 0 Å². The number of aromatic nitrogens is 1. The normalized spacial score (nSPS) is 10.8. The minimum Gasteiger partial charge on any atom is -0.484 e. The lowest BCUT2D eigenvalue weighted by Gasteiger charge is -2.10. The number of carbonyl (C=O) groups excluding carboxylic acids is 1. The number of rotatable bonds is 7. The summed E-state index contributed by atoms with van der Waals surface area (Å²) in [7, 11) is 1.65. The molecular formula is C17H19BrFNO3. The van der Waals surface area contributed by atoms with Crippen molar-refractivity contribution in [3.8, 4) is 5.75 Å². The first kappa shape index (κ1) is 17.7. The molecule has 0 aliphatic rings. The van der Waals surface area contributed by atoms with Crippen molar-refractivity contribution in [2.24, 2.45) is 0 Å². The van der Waals surface area contributed by atoms with E-state index in [9.17, 15) is 9.18 Å². The molecule has 2 aromatic rings. The van der Waals surface area contributed by atoms with Crippen molar-refractivity contribution in [3.63, 3.8) is 0 Å². The van der Waals surface area contributed by atoms with E-state index in [1.807, 2.05) is 24.5 Å². The lowest BCUT2D eigenvalue weighted by Crippen LogP contribution is -2.14. The first-order valence-electron chi connectivity index (χ1n) is 7.20. The summed E-state index contributed by atoms with van der Waals surface area (Å²) < 4.78 is 26.2. The predicted octanol–water partition coefficient (Wildman–Crippen LogP) is 3.91. The topological polar surface area (TPSA) is 40.5 Å². The molecule has 0 aliphatic carbocycles. The summed E-state index contributed by atoms with van der Waals surface area (Å²) in [6, 6.07) is 5.95. The van der Waals surface area contributed by atoms with Crippen LogP contribution in [0, 0.1) is 19.7 Å². The summed E-state index contributed by atoms with van der Waals surface area (Å²) >= 11 is 3.22. The highest BCUT2D eigenvalue weighted by atomic mass is 79.9. The molecule has 0 saturated carbocycles. The van der Waals surface area contributed by atoms with Crippen LogP contribution in [0.4, 0.5) is 4.39 Å². The van der Waals surface area contributed by atoms with Crippen LogP contribution in [-0.4, -0.2) is 30.7 Å². The second-order valence-corrected chi connectivity index (χ2v) is 6.07. The number of hydrogen-bond acceptors (Lipinski definition) is 3. The van der Waals surface area contributed by atoms with Crippen molar-refractivity contribution in [3.05, 3.63) is 51.5 Å². The molecule has 0 atom stereocenters. The molecule has 4 nitrogen and oxygen atoms in total. The zero-order valence-electron chi connectivity index (χ0n) is 13.4. The van der Waals surface area contributed by atoms with Crippen molar-refractivity contribution in [2.75, 3.05) is 20.3 Å². The Bertz CT molecular complexity index is 712. The van der Waals surface area contributed by atoms with E-state index in [1.54, 1.807) is 7.11 Å². The number of hydrogen-bond donors (Lipinski definition) is 0. The standard InChI is InChI=1S/C17H19BrFNO3/c1-11-8-14(12(2)20(11)6-7-22-3)16(21)10-23-17-5-4-13(19)9-15(17)18/h4-5,8-9H,6-7,10H2,1-3H3. The maximum Gasteiger partial charge on any atom is 0.202 e. The molecule has 124 valence electrons. The highest BCUT2D eigenvalue weighted by Gasteiger charge is 2.16. The maximum absolute atomic E-state index is 13.0. The van der Waals surface area contributed by atoms with Gasteiger partial charge in [0.15, 0.2) is 6.61 Å². The average molecular weight is 384 g/mol. The zero-order chi connectivity index (χ0) is 17.0. The molecule has 1 heterocycles. The van der Waals surface area contributed by atoms with E-state index in [1.165, 1.54) is 18.2 Å². The quantitative estimate of drug-likeness (QED) is 0.680. The first-order chi connectivity index (χ1) is 10.9. The molecule has 0 aliphatic heterocycles. The van der Waals surface area contributed by atoms with Crippen molar-refractivity contribution >= 4 is 21.7 Å². The molecule has 0 radical (unpaired) electrons. The molecule has 2 rings (SSSR count). The average Bonchev–Trinajstić information content (AvgIpc) is 2.79. The van der Waals surface area contributed by atoms with Crippen LogP contribution in [0.25, 0.3) is 0 Å². The van der Waals surface area contributed by atoms with Gasteiger partial charge in [0, 0.05) is 30.6 Å². The molecule has 0 unspecified atom stereocenters. The number of halogens is 2. The maximum atomic E-state index is 13.0. The molecule has 0 N–H and O–H groups in total. The molecule has 1 aromatic heterocycles. The lowest BCUT2D eigenvalue weighted by atomic mass is 10.1. The van der Waals surface area contributed by atoms with Gasteiger partial charge in [0.1, 0.15) is 11.6 Å². The number of benzene rings is 1. The molecule has 23 heavy (non-hydrogen) atoms. The Morgan fingerprint density at radius 1 is 1.30 bits per heavy atom. The number of carbonyl (C=O) groups is 1. The van der Waals surface area contributed by atoms with Crippen LogP contribution >= 0.6 is 15.9 Å². The van der Waals surface area contributed by atoms with E-state index < -0.39 is 0 Å². The lowest BCUT2D eigenvalue weighted by molar-refractivity contribution is 0.0920. The number of Topliss-reactive ketones (excluding diaryl/α,β-unsaturated/α-hetero) is 1. The van der Waals surface area contributed by atoms with Crippen LogP contribution in [0.1, 0.15) is 21.7 Å². The highest BCUT2D eigenvalue weighted by Crippen LogP contribution is 2.26. The summed E-state index contributed by atoms with van der Waals surface area (Å²) in [5.74, 6) is -0.0387. The molecule has 0 fully saturated rings. The van der Waals surface area contributed by atoms with E-state index in [2.05, 4.69) is 15.9 Å². The molecular weight excluding hydrogens is 365 g/mol. The van der Waals surface area contributed by atoms with E-state index in [4.69, 9.17) is 9.47 Å². The number of methoxy groups -OCH3 is 1. The number of aryl methyl sites for hydroxylation is 1. The Hall–Kier alpha value is -1.66. The van der Waals surface area contributed by atoms with Crippen LogP contribution in [0.15, 0.2) is 28.7 Å². The molecule has 1 aromatic carbocycles. The smallest absolute Gasteiger partial charge is 0.202 e. The molecule has 0 saturated heterocycles. The SMILES string of the molecule is COCCn1c(C)cc(C(=O)COc2ccc(F)cc2Br)c1C. The molecule has 0 amide bonds. The monoisotopic (exact) mass is 383 g/mol. The number of ether oxygens (including phenoxy) is 2. The van der Waals surface area contributed by atoms with E-state index >= 15 is 0 Å². The highest BCUT2D eigenvalue weighted by molar-refractivity contribution is 9.10. The van der Waals surface area contributed by atoms with Crippen molar-refractivity contribution in [1.82, 2.24) is 4.57 Å². The summed E-state index contributed by atoms with van der Waals surface area (Å²) in [5, 5.41) is 0. The third kappa shape index (κ3) is 4.20. The molecule has 0 bridgehead atoms. The fourth-order valence-electron chi connectivity index (χ4n) is 2.42. The van der Waals surface area contributed by atoms with E-state index in [-0.39, 0.29) is 18.2 Å². The number of nitrogens with zero attached hydrogens (tertiary/aromatic N) is 1. The van der Waals surface area contributed by atoms with Gasteiger partial charge < -0.3 is 14.0 Å². The van der Waals surface area contributed by atoms with Gasteiger partial charge in [-0.05, 0) is 54.0 Å². The zero-order valence-corrected chi connectivity index (χ0v) is 14.9. The van der Waals surface area contributed by atoms with Gasteiger partial charge in [-0.1, -0.05) is 0 Å². The van der Waals surface area contributed by atoms with Gasteiger partial charge in [-0.2, -0.15) is 0 Å². The van der Waals surface area contributed by atoms with Gasteiger partial charge in [-0.3, -0.25) is 4.79 Å². The van der Waals surface area contributed by atoms with Gasteiger partial charge in [0.2, 0.25) is 5.78 Å². The van der Waals surface area contributed by atoms with Crippen molar-refractivity contribution < 1.29 is 18.7 Å². The summed E-state index contributed by atoms with van der Waals surface area (Å²) in [6.07, 6.45) is 0. The van der Waals surface area contributed by atoms with Crippen LogP contribution in [0.5, 0.6) is 5.75 Å². The van der Waals surface area contributed by atoms with Gasteiger partial charge >= 0.3 is 0 Å². The fourth-order valence-corrected chi connectivity index (χ4v) is 2.89. The van der Waals surface area contributed by atoms with Crippen LogP contribution in [0.2, 0.25) is 0 Å². The van der Waals surface area contributed by atoms with Crippen molar-refractivity contribution in [2.45, 2.75) is 20.4 Å². The Balaban J connectivity index is 2.09. The van der Waals surface area contributed by atoms with Crippen LogP contribution in [0.3, 0.4) is 0 Å². The third-order valence-corrected chi connectivity index (χ3v) is 4.27. The Kier molecular flexibility index (Phi) is 5.96. The minimum absolute atomic E-state index is 0.0984. The summed E-state index contributed by atoms with van der Waals surface area (Å²) in [5.41, 5.74) is 2.54. The minimum atomic E-state index is -0.364. The summed E-state index contributed by atoms with van der Waals surface area (Å²) in [6.45, 7) is 5.05. The largest absolute Gasteiger partial charge is 0.484 e. The fraction of sp³-hybridized carbons (Fsp3) is 0.353. The number of ketones is 1.